The second-order valence-corrected chi connectivity index (χ2v) is 6.05. The van der Waals surface area contributed by atoms with Gasteiger partial charge in [-0.15, -0.1) is 9.45 Å². The molecule has 0 rings (SSSR count). The van der Waals surface area contributed by atoms with Gasteiger partial charge in [0.15, 0.2) is 0 Å². The lowest BCUT2D eigenvalue weighted by Gasteiger charge is -2.07. The van der Waals surface area contributed by atoms with E-state index in [1.807, 2.05) is 0 Å². The van der Waals surface area contributed by atoms with Crippen LogP contribution in [0.15, 0.2) is 0 Å². The van der Waals surface area contributed by atoms with Gasteiger partial charge in [-0.05, 0) is 24.3 Å². The summed E-state index contributed by atoms with van der Waals surface area (Å²) in [6.07, 6.45) is 2.78. The van der Waals surface area contributed by atoms with Crippen LogP contribution < -0.4 is 5.73 Å². The van der Waals surface area contributed by atoms with Crippen molar-refractivity contribution in [1.82, 2.24) is 0 Å². The Hall–Kier alpha value is -0.000000000000000111. The molecule has 3 N–H and O–H groups in total. The van der Waals surface area contributed by atoms with Gasteiger partial charge in [0, 0.05) is 0 Å². The van der Waals surface area contributed by atoms with Crippen molar-refractivity contribution in [3.63, 3.8) is 0 Å². The van der Waals surface area contributed by atoms with Gasteiger partial charge in [0.05, 0.1) is 0 Å². The quantitative estimate of drug-likeness (QED) is 0.666. The van der Waals surface area contributed by atoms with E-state index in [4.69, 9.17) is 22.0 Å². The molecule has 0 aromatic rings. The zero-order valence-corrected chi connectivity index (χ0v) is 9.50. The average Bonchev–Trinajstić information content (AvgIpc) is 2.10. The van der Waals surface area contributed by atoms with Crippen molar-refractivity contribution >= 4 is 26.6 Å². The highest BCUT2D eigenvalue weighted by molar-refractivity contribution is 8.28. The minimum atomic E-state index is -0.928. The number of hydrogen-bond acceptors (Lipinski definition) is 3. The Balaban J connectivity index is 3.52. The molecule has 13 heavy (non-hydrogen) atoms. The van der Waals surface area contributed by atoms with Gasteiger partial charge in [-0.2, -0.15) is 0 Å². The topological polar surface area (TPSA) is 63.3 Å². The van der Waals surface area contributed by atoms with Gasteiger partial charge >= 0.3 is 5.97 Å². The van der Waals surface area contributed by atoms with Crippen molar-refractivity contribution in [1.29, 1.82) is 0 Å². The van der Waals surface area contributed by atoms with Crippen molar-refractivity contribution in [2.45, 2.75) is 32.2 Å². The number of nitrogens with two attached hydrogens (primary N) is 1. The van der Waals surface area contributed by atoms with Crippen molar-refractivity contribution in [2.24, 2.45) is 5.73 Å². The summed E-state index contributed by atoms with van der Waals surface area (Å²) in [7, 11) is -0.0670. The number of carboxylic acid groups (broad SMARTS) is 1. The van der Waals surface area contributed by atoms with Crippen LogP contribution in [0, 0.1) is 0 Å². The fraction of sp³-hybridized carbons (Fsp3) is 0.875. The van der Waals surface area contributed by atoms with Crippen LogP contribution in [0.1, 0.15) is 26.2 Å². The monoisotopic (exact) mass is 223 g/mol. The fourth-order valence-corrected chi connectivity index (χ4v) is 2.76. The molecular formula is C8H17NO2S2. The molecule has 0 heterocycles. The van der Waals surface area contributed by atoms with E-state index in [1.54, 1.807) is 0 Å². The Bertz CT molecular complexity index is 185. The van der Waals surface area contributed by atoms with Crippen molar-refractivity contribution in [3.05, 3.63) is 0 Å². The zero-order valence-electron chi connectivity index (χ0n) is 7.86. The van der Waals surface area contributed by atoms with E-state index < -0.39 is 12.0 Å². The minimum Gasteiger partial charge on any atom is -0.480 e. The Morgan fingerprint density at radius 2 is 2.23 bits per heavy atom. The summed E-state index contributed by atoms with van der Waals surface area (Å²) in [4.78, 5) is 10.4. The standard InChI is InChI=1S/C8H17NO2S2/c1-2-3-5-13(12)6-4-7(9)8(10)11/h7H,2-6,9H2,1H3,(H,10,11)/t7-,13?/m0/s1. The molecule has 1 unspecified atom stereocenters. The number of rotatable bonds is 7. The molecule has 0 saturated carbocycles. The van der Waals surface area contributed by atoms with E-state index in [9.17, 15) is 4.79 Å². The molecule has 0 amide bonds. The van der Waals surface area contributed by atoms with Gasteiger partial charge in [-0.3, -0.25) is 4.79 Å². The van der Waals surface area contributed by atoms with E-state index in [0.29, 0.717) is 6.42 Å². The predicted octanol–water partition coefficient (Wildman–Crippen LogP) is 0.669. The normalized spacial score (nSPS) is 15.2. The predicted molar refractivity (Wildman–Crippen MR) is 59.6 cm³/mol. The molecule has 0 spiro atoms. The summed E-state index contributed by atoms with van der Waals surface area (Å²) in [6.45, 7) is 2.12. The molecule has 0 aliphatic heterocycles. The smallest absolute Gasteiger partial charge is 0.320 e. The lowest BCUT2D eigenvalue weighted by Crippen LogP contribution is -2.31. The molecule has 0 saturated heterocycles. The van der Waals surface area contributed by atoms with Crippen molar-refractivity contribution < 1.29 is 9.90 Å². The molecule has 0 aromatic heterocycles. The summed E-state index contributed by atoms with van der Waals surface area (Å²) in [6, 6.07) is -0.737. The van der Waals surface area contributed by atoms with Crippen LogP contribution in [-0.4, -0.2) is 28.6 Å². The molecule has 3 nitrogen and oxygen atoms in total. The maximum absolute atomic E-state index is 10.4. The molecule has 0 fully saturated rings. The first-order chi connectivity index (χ1) is 6.07. The number of hydrogen-bond donors (Lipinski definition) is 2. The molecule has 78 valence electrons. The Kier molecular flexibility index (Phi) is 7.41. The van der Waals surface area contributed by atoms with Crippen LogP contribution in [0.3, 0.4) is 0 Å². The average molecular weight is 223 g/mol. The molecule has 0 radical (unpaired) electrons. The molecule has 0 aromatic carbocycles. The first-order valence-electron chi connectivity index (χ1n) is 4.41. The first-order valence-corrected chi connectivity index (χ1v) is 6.90. The van der Waals surface area contributed by atoms with Crippen LogP contribution in [-0.2, 0) is 25.4 Å². The maximum Gasteiger partial charge on any atom is 0.320 e. The zero-order chi connectivity index (χ0) is 10.3. The lowest BCUT2D eigenvalue weighted by molar-refractivity contribution is -0.138. The summed E-state index contributed by atoms with van der Waals surface area (Å²) in [5.74, 6) is 0.864. The Morgan fingerprint density at radius 1 is 1.62 bits per heavy atom. The highest BCUT2D eigenvalue weighted by atomic mass is 32.8. The SMILES string of the molecule is CCCCS(=S)CC[C@H](N)C(=O)O. The largest absolute Gasteiger partial charge is 0.480 e. The molecule has 5 heteroatoms. The van der Waals surface area contributed by atoms with Gasteiger partial charge in [0.25, 0.3) is 0 Å². The van der Waals surface area contributed by atoms with E-state index in [0.717, 1.165) is 24.3 Å². The molecule has 2 atom stereocenters. The van der Waals surface area contributed by atoms with Gasteiger partial charge < -0.3 is 10.8 Å². The van der Waals surface area contributed by atoms with Crippen LogP contribution in [0.4, 0.5) is 0 Å². The van der Waals surface area contributed by atoms with E-state index in [2.05, 4.69) is 6.92 Å². The van der Waals surface area contributed by atoms with Gasteiger partial charge in [-0.25, -0.2) is 0 Å². The van der Waals surface area contributed by atoms with Crippen LogP contribution in [0.2, 0.25) is 0 Å². The third-order valence-corrected chi connectivity index (χ3v) is 4.13. The van der Waals surface area contributed by atoms with Crippen LogP contribution in [0.25, 0.3) is 0 Å². The van der Waals surface area contributed by atoms with E-state index >= 15 is 0 Å². The Morgan fingerprint density at radius 3 is 2.69 bits per heavy atom. The van der Waals surface area contributed by atoms with Crippen LogP contribution in [0.5, 0.6) is 0 Å². The highest BCUT2D eigenvalue weighted by Crippen LogP contribution is 1.97. The summed E-state index contributed by atoms with van der Waals surface area (Å²) < 4.78 is 0. The third kappa shape index (κ3) is 7.10. The third-order valence-electron chi connectivity index (χ3n) is 1.70. The fourth-order valence-electron chi connectivity index (χ4n) is 0.789. The minimum absolute atomic E-state index is 0.0670. The number of carbonyl (C=O) groups is 1. The van der Waals surface area contributed by atoms with Gasteiger partial charge in [0.2, 0.25) is 0 Å². The second kappa shape index (κ2) is 7.41. The molecular weight excluding hydrogens is 206 g/mol. The van der Waals surface area contributed by atoms with Crippen molar-refractivity contribution in [2.75, 3.05) is 11.5 Å². The number of carboxylic acids is 1. The van der Waals surface area contributed by atoms with Crippen molar-refractivity contribution in [3.8, 4) is 0 Å². The second-order valence-electron chi connectivity index (χ2n) is 2.94. The Labute approximate surface area is 86.3 Å². The maximum atomic E-state index is 10.4. The summed E-state index contributed by atoms with van der Waals surface area (Å²) in [5, 5.41) is 8.52. The van der Waals surface area contributed by atoms with Crippen LogP contribution >= 0.6 is 0 Å². The lowest BCUT2D eigenvalue weighted by atomic mass is 10.2. The first kappa shape index (κ1) is 13.0. The van der Waals surface area contributed by atoms with Gasteiger partial charge in [0.1, 0.15) is 6.04 Å². The molecule has 0 bridgehead atoms. The number of unbranched alkanes of at least 4 members (excludes halogenated alkanes) is 1. The number of aliphatic carboxylic acids is 1. The molecule has 0 aliphatic carbocycles. The highest BCUT2D eigenvalue weighted by Gasteiger charge is 2.10. The summed E-state index contributed by atoms with van der Waals surface area (Å²) >= 11 is 5.19. The molecule has 0 aliphatic rings. The summed E-state index contributed by atoms with van der Waals surface area (Å²) in [5.41, 5.74) is 5.35. The van der Waals surface area contributed by atoms with Gasteiger partial charge in [-0.1, -0.05) is 24.5 Å². The van der Waals surface area contributed by atoms with E-state index in [1.165, 1.54) is 0 Å². The van der Waals surface area contributed by atoms with E-state index in [-0.39, 0.29) is 9.45 Å².